The molecule has 1 aliphatic rings. The van der Waals surface area contributed by atoms with Crippen molar-refractivity contribution in [2.24, 2.45) is 11.8 Å². The maximum absolute atomic E-state index is 13.2. The second kappa shape index (κ2) is 8.38. The number of likely N-dealkylation sites (tertiary alicyclic amines) is 1. The Hall–Kier alpha value is -1.75. The fraction of sp³-hybridized carbons (Fsp3) is 0.579. The van der Waals surface area contributed by atoms with E-state index in [1.54, 1.807) is 13.0 Å². The van der Waals surface area contributed by atoms with Crippen LogP contribution in [0.1, 0.15) is 36.5 Å². The molecule has 0 N–H and O–H groups in total. The second-order valence-corrected chi connectivity index (χ2v) is 7.07. The molecule has 0 saturated carbocycles. The Kier molecular flexibility index (Phi) is 6.49. The van der Waals surface area contributed by atoms with Crippen LogP contribution < -0.4 is 0 Å². The average molecular weight is 334 g/mol. The van der Waals surface area contributed by atoms with E-state index in [-0.39, 0.29) is 24.0 Å². The van der Waals surface area contributed by atoms with E-state index in [0.29, 0.717) is 11.5 Å². The van der Waals surface area contributed by atoms with Crippen LogP contribution in [0.5, 0.6) is 0 Å². The number of piperidine rings is 1. The van der Waals surface area contributed by atoms with Crippen LogP contribution in [-0.2, 0) is 4.79 Å². The quantitative estimate of drug-likeness (QED) is 0.751. The molecule has 0 aliphatic carbocycles. The third-order valence-electron chi connectivity index (χ3n) is 4.61. The monoisotopic (exact) mass is 334 g/mol. The number of carbonyl (C=O) groups excluding carboxylic acids is 2. The van der Waals surface area contributed by atoms with E-state index in [1.165, 1.54) is 18.2 Å². The number of halogens is 1. The number of Topliss-reactive ketones (excluding diaryl/α,β-unsaturated/α-hetero) is 1. The van der Waals surface area contributed by atoms with Crippen LogP contribution in [-0.4, -0.2) is 55.2 Å². The molecule has 1 saturated heterocycles. The summed E-state index contributed by atoms with van der Waals surface area (Å²) in [4.78, 5) is 28.8. The van der Waals surface area contributed by atoms with Gasteiger partial charge in [0.25, 0.3) is 0 Å². The Bertz CT molecular complexity index is 580. The van der Waals surface area contributed by atoms with Crippen molar-refractivity contribution in [1.82, 2.24) is 9.80 Å². The number of nitrogens with zero attached hydrogens (tertiary/aromatic N) is 2. The first kappa shape index (κ1) is 18.6. The Morgan fingerprint density at radius 2 is 1.96 bits per heavy atom. The lowest BCUT2D eigenvalue weighted by atomic mass is 9.94. The van der Waals surface area contributed by atoms with Crippen molar-refractivity contribution in [2.45, 2.75) is 26.2 Å². The molecule has 0 radical (unpaired) electrons. The number of hydrogen-bond donors (Lipinski definition) is 0. The third-order valence-corrected chi connectivity index (χ3v) is 4.61. The van der Waals surface area contributed by atoms with E-state index in [4.69, 9.17) is 0 Å². The highest BCUT2D eigenvalue weighted by Crippen LogP contribution is 2.21. The van der Waals surface area contributed by atoms with Crippen molar-refractivity contribution in [2.75, 3.05) is 33.7 Å². The van der Waals surface area contributed by atoms with Crippen molar-refractivity contribution in [3.05, 3.63) is 35.6 Å². The largest absolute Gasteiger partial charge is 0.342 e. The molecular weight excluding hydrogens is 307 g/mol. The number of carbonyl (C=O) groups is 2. The zero-order chi connectivity index (χ0) is 17.7. The molecule has 132 valence electrons. The van der Waals surface area contributed by atoms with E-state index < -0.39 is 5.82 Å². The third kappa shape index (κ3) is 5.13. The summed E-state index contributed by atoms with van der Waals surface area (Å²) in [5, 5.41) is 0. The minimum Gasteiger partial charge on any atom is -0.342 e. The molecule has 5 heteroatoms. The fourth-order valence-electron chi connectivity index (χ4n) is 3.31. The molecule has 1 aromatic carbocycles. The van der Waals surface area contributed by atoms with Crippen molar-refractivity contribution in [3.63, 3.8) is 0 Å². The number of benzene rings is 1. The van der Waals surface area contributed by atoms with Gasteiger partial charge in [0.1, 0.15) is 5.82 Å². The molecule has 0 bridgehead atoms. The van der Waals surface area contributed by atoms with Crippen LogP contribution in [0.4, 0.5) is 4.39 Å². The predicted octanol–water partition coefficient (Wildman–Crippen LogP) is 2.83. The van der Waals surface area contributed by atoms with Gasteiger partial charge in [-0.3, -0.25) is 9.59 Å². The smallest absolute Gasteiger partial charge is 0.225 e. The number of hydrogen-bond acceptors (Lipinski definition) is 3. The van der Waals surface area contributed by atoms with E-state index in [1.807, 2.05) is 4.90 Å². The standard InChI is InChI=1S/C19H27FN2O2/c1-14(11-18(23)16-5-4-6-17(20)12-16)19(24)22-9-7-15(8-10-22)13-21(2)3/h4-6,12,14-15H,7-11,13H2,1-3H3/t14-/m1/s1. The molecule has 1 amide bonds. The number of rotatable bonds is 6. The van der Waals surface area contributed by atoms with Crippen molar-refractivity contribution < 1.29 is 14.0 Å². The van der Waals surface area contributed by atoms with Gasteiger partial charge in [0.05, 0.1) is 0 Å². The molecule has 24 heavy (non-hydrogen) atoms. The van der Waals surface area contributed by atoms with E-state index in [0.717, 1.165) is 32.5 Å². The van der Waals surface area contributed by atoms with Crippen LogP contribution in [0, 0.1) is 17.7 Å². The predicted molar refractivity (Wildman–Crippen MR) is 92.4 cm³/mol. The van der Waals surface area contributed by atoms with Crippen LogP contribution in [0.2, 0.25) is 0 Å². The van der Waals surface area contributed by atoms with Gasteiger partial charge in [-0.2, -0.15) is 0 Å². The van der Waals surface area contributed by atoms with Gasteiger partial charge in [0, 0.05) is 37.5 Å². The molecule has 1 atom stereocenters. The Morgan fingerprint density at radius 3 is 2.54 bits per heavy atom. The van der Waals surface area contributed by atoms with E-state index >= 15 is 0 Å². The summed E-state index contributed by atoms with van der Waals surface area (Å²) in [6.07, 6.45) is 2.14. The lowest BCUT2D eigenvalue weighted by molar-refractivity contribution is -0.136. The molecule has 2 rings (SSSR count). The topological polar surface area (TPSA) is 40.6 Å². The molecule has 0 spiro atoms. The fourth-order valence-corrected chi connectivity index (χ4v) is 3.31. The van der Waals surface area contributed by atoms with E-state index in [2.05, 4.69) is 19.0 Å². The van der Waals surface area contributed by atoms with Gasteiger partial charge >= 0.3 is 0 Å². The Balaban J connectivity index is 1.85. The molecule has 1 fully saturated rings. The van der Waals surface area contributed by atoms with Gasteiger partial charge in [0.15, 0.2) is 5.78 Å². The van der Waals surface area contributed by atoms with Gasteiger partial charge in [-0.15, -0.1) is 0 Å². The molecule has 0 unspecified atom stereocenters. The highest BCUT2D eigenvalue weighted by atomic mass is 19.1. The van der Waals surface area contributed by atoms with Gasteiger partial charge in [-0.1, -0.05) is 19.1 Å². The summed E-state index contributed by atoms with van der Waals surface area (Å²) in [7, 11) is 4.13. The molecule has 1 heterocycles. The number of amides is 1. The molecule has 4 nitrogen and oxygen atoms in total. The zero-order valence-electron chi connectivity index (χ0n) is 14.8. The lowest BCUT2D eigenvalue weighted by Gasteiger charge is -2.34. The number of ketones is 1. The first-order chi connectivity index (χ1) is 11.4. The SMILES string of the molecule is C[C@H](CC(=O)c1cccc(F)c1)C(=O)N1CCC(CN(C)C)CC1. The maximum Gasteiger partial charge on any atom is 0.225 e. The second-order valence-electron chi connectivity index (χ2n) is 7.07. The minimum absolute atomic E-state index is 0.0306. The molecule has 1 aromatic rings. The average Bonchev–Trinajstić information content (AvgIpc) is 2.54. The van der Waals surface area contributed by atoms with E-state index in [9.17, 15) is 14.0 Å². The summed E-state index contributed by atoms with van der Waals surface area (Å²) in [6, 6.07) is 5.65. The summed E-state index contributed by atoms with van der Waals surface area (Å²) in [5.41, 5.74) is 0.333. The first-order valence-corrected chi connectivity index (χ1v) is 8.59. The summed E-state index contributed by atoms with van der Waals surface area (Å²) in [5.74, 6) is -0.317. The Morgan fingerprint density at radius 1 is 1.29 bits per heavy atom. The molecule has 0 aromatic heterocycles. The van der Waals surface area contributed by atoms with Crippen LogP contribution in [0.25, 0.3) is 0 Å². The summed E-state index contributed by atoms with van der Waals surface area (Å²) < 4.78 is 13.2. The lowest BCUT2D eigenvalue weighted by Crippen LogP contribution is -2.43. The van der Waals surface area contributed by atoms with Crippen LogP contribution in [0.15, 0.2) is 24.3 Å². The summed E-state index contributed by atoms with van der Waals surface area (Å²) in [6.45, 7) is 4.35. The highest BCUT2D eigenvalue weighted by Gasteiger charge is 2.27. The van der Waals surface area contributed by atoms with Crippen molar-refractivity contribution in [3.8, 4) is 0 Å². The van der Waals surface area contributed by atoms with Crippen LogP contribution in [0.3, 0.4) is 0 Å². The molecule has 1 aliphatic heterocycles. The maximum atomic E-state index is 13.2. The van der Waals surface area contributed by atoms with Crippen molar-refractivity contribution >= 4 is 11.7 Å². The van der Waals surface area contributed by atoms with Gasteiger partial charge in [-0.25, -0.2) is 4.39 Å². The Labute approximate surface area is 143 Å². The van der Waals surface area contributed by atoms with Crippen molar-refractivity contribution in [1.29, 1.82) is 0 Å². The first-order valence-electron chi connectivity index (χ1n) is 8.59. The molecular formula is C19H27FN2O2. The zero-order valence-corrected chi connectivity index (χ0v) is 14.8. The minimum atomic E-state index is -0.428. The van der Waals surface area contributed by atoms with Gasteiger partial charge in [0.2, 0.25) is 5.91 Å². The highest BCUT2D eigenvalue weighted by molar-refractivity contribution is 5.98. The van der Waals surface area contributed by atoms with Gasteiger partial charge < -0.3 is 9.80 Å². The summed E-state index contributed by atoms with van der Waals surface area (Å²) >= 11 is 0. The van der Waals surface area contributed by atoms with Crippen LogP contribution >= 0.6 is 0 Å². The normalized spacial score (nSPS) is 17.1. The van der Waals surface area contributed by atoms with Gasteiger partial charge in [-0.05, 0) is 45.0 Å².